The minimum absolute atomic E-state index is 0.0203. The van der Waals surface area contributed by atoms with E-state index in [1.54, 1.807) is 19.1 Å². The van der Waals surface area contributed by atoms with E-state index in [1.165, 1.54) is 11.3 Å². The number of rotatable bonds is 6. The number of allylic oxidation sites excluding steroid dienone is 2. The van der Waals surface area contributed by atoms with Gasteiger partial charge in [0.1, 0.15) is 11.9 Å². The highest BCUT2D eigenvalue weighted by Crippen LogP contribution is 2.41. The number of thiophene rings is 1. The lowest BCUT2D eigenvalue weighted by atomic mass is 10.0. The molecule has 3 nitrogen and oxygen atoms in total. The van der Waals surface area contributed by atoms with Crippen LogP contribution in [0.15, 0.2) is 36.4 Å². The molecule has 0 amide bonds. The number of hydrogen-bond donors (Lipinski definition) is 0. The van der Waals surface area contributed by atoms with Gasteiger partial charge in [0, 0.05) is 23.3 Å². The molecule has 0 saturated carbocycles. The molecule has 1 atom stereocenters. The average molecular weight is 375 g/mol. The van der Waals surface area contributed by atoms with Crippen LogP contribution >= 0.6 is 22.9 Å². The molecule has 130 valence electrons. The lowest BCUT2D eigenvalue weighted by Crippen LogP contribution is -2.14. The molecule has 3 rings (SSSR count). The largest absolute Gasteiger partial charge is 0.488 e. The van der Waals surface area contributed by atoms with E-state index in [0.717, 1.165) is 33.1 Å². The Kier molecular flexibility index (Phi) is 5.40. The van der Waals surface area contributed by atoms with E-state index < -0.39 is 0 Å². The van der Waals surface area contributed by atoms with Gasteiger partial charge in [-0.05, 0) is 56.2 Å². The van der Waals surface area contributed by atoms with Gasteiger partial charge in [-0.2, -0.15) is 0 Å². The number of fused-ring (bicyclic) bond motifs is 1. The third-order valence-corrected chi connectivity index (χ3v) is 5.67. The summed E-state index contributed by atoms with van der Waals surface area (Å²) in [5, 5.41) is 0.576. The van der Waals surface area contributed by atoms with Gasteiger partial charge in [-0.3, -0.25) is 9.59 Å². The van der Waals surface area contributed by atoms with Crippen LogP contribution in [-0.2, 0) is 11.2 Å². The lowest BCUT2D eigenvalue weighted by molar-refractivity contribution is -0.115. The van der Waals surface area contributed by atoms with E-state index in [0.29, 0.717) is 17.9 Å². The number of halogens is 1. The topological polar surface area (TPSA) is 43.4 Å². The van der Waals surface area contributed by atoms with Crippen LogP contribution in [0.25, 0.3) is 10.4 Å². The number of carbonyl (C=O) groups is 2. The first-order valence-electron chi connectivity index (χ1n) is 8.23. The van der Waals surface area contributed by atoms with Crippen molar-refractivity contribution in [3.63, 3.8) is 0 Å². The second-order valence-electron chi connectivity index (χ2n) is 6.12. The van der Waals surface area contributed by atoms with Crippen molar-refractivity contribution < 1.29 is 14.3 Å². The molecule has 0 radical (unpaired) electrons. The molecule has 0 fully saturated rings. The number of ketones is 2. The number of benzene rings is 1. The summed E-state index contributed by atoms with van der Waals surface area (Å²) < 4.78 is 5.94. The fourth-order valence-corrected chi connectivity index (χ4v) is 4.12. The molecule has 1 aliphatic rings. The molecule has 5 heteroatoms. The van der Waals surface area contributed by atoms with Crippen molar-refractivity contribution >= 4 is 34.5 Å². The Morgan fingerprint density at radius 1 is 1.36 bits per heavy atom. The third kappa shape index (κ3) is 4.02. The normalized spacial score (nSPS) is 16.0. The zero-order valence-corrected chi connectivity index (χ0v) is 15.7. The molecule has 0 N–H and O–H groups in total. The Morgan fingerprint density at radius 2 is 2.16 bits per heavy atom. The predicted octanol–water partition coefficient (Wildman–Crippen LogP) is 5.50. The fourth-order valence-electron chi connectivity index (χ4n) is 2.95. The Balaban J connectivity index is 1.76. The van der Waals surface area contributed by atoms with Crippen LogP contribution in [0.4, 0.5) is 0 Å². The van der Waals surface area contributed by atoms with Gasteiger partial charge in [0.05, 0.1) is 9.90 Å². The first-order chi connectivity index (χ1) is 12.0. The quantitative estimate of drug-likeness (QED) is 0.495. The van der Waals surface area contributed by atoms with Crippen LogP contribution in [0, 0.1) is 0 Å². The summed E-state index contributed by atoms with van der Waals surface area (Å²) in [7, 11) is 0. The number of hydrogen-bond acceptors (Lipinski definition) is 4. The van der Waals surface area contributed by atoms with Crippen molar-refractivity contribution in [3.8, 4) is 16.2 Å². The summed E-state index contributed by atoms with van der Waals surface area (Å²) in [6, 6.07) is 7.74. The lowest BCUT2D eigenvalue weighted by Gasteiger charge is -2.09. The highest BCUT2D eigenvalue weighted by Gasteiger charge is 2.26. The Labute approximate surface area is 156 Å². The molecular formula is C20H19ClO3S. The molecule has 0 bridgehead atoms. The predicted molar refractivity (Wildman–Crippen MR) is 102 cm³/mol. The monoisotopic (exact) mass is 374 g/mol. The zero-order chi connectivity index (χ0) is 18.0. The highest BCUT2D eigenvalue weighted by molar-refractivity contribution is 7.17. The number of carbonyl (C=O) groups excluding carboxylic acids is 2. The van der Waals surface area contributed by atoms with Gasteiger partial charge in [-0.1, -0.05) is 17.7 Å². The molecule has 0 spiro atoms. The van der Waals surface area contributed by atoms with Crippen molar-refractivity contribution in [1.29, 1.82) is 0 Å². The van der Waals surface area contributed by atoms with Crippen molar-refractivity contribution in [2.24, 2.45) is 0 Å². The number of Topliss-reactive ketones (excluding diaryl/α,β-unsaturated/α-hetero) is 1. The molecule has 1 aliphatic heterocycles. The maximum absolute atomic E-state index is 11.6. The van der Waals surface area contributed by atoms with Gasteiger partial charge >= 0.3 is 0 Å². The van der Waals surface area contributed by atoms with Crippen molar-refractivity contribution in [3.05, 3.63) is 51.9 Å². The van der Waals surface area contributed by atoms with Crippen LogP contribution in [0.2, 0.25) is 5.02 Å². The summed E-state index contributed by atoms with van der Waals surface area (Å²) in [5.41, 5.74) is 2.05. The molecule has 25 heavy (non-hydrogen) atoms. The van der Waals surface area contributed by atoms with Gasteiger partial charge in [0.15, 0.2) is 11.6 Å². The molecule has 0 saturated heterocycles. The van der Waals surface area contributed by atoms with Crippen LogP contribution in [-0.4, -0.2) is 17.7 Å². The van der Waals surface area contributed by atoms with Gasteiger partial charge in [0.2, 0.25) is 0 Å². The fraction of sp³-hybridized carbons (Fsp3) is 0.300. The van der Waals surface area contributed by atoms with Gasteiger partial charge < -0.3 is 4.74 Å². The minimum atomic E-state index is -0.0203. The summed E-state index contributed by atoms with van der Waals surface area (Å²) in [5.74, 6) is 0.902. The third-order valence-electron chi connectivity index (χ3n) is 4.16. The molecule has 1 aromatic heterocycles. The minimum Gasteiger partial charge on any atom is -0.488 e. The second kappa shape index (κ2) is 7.54. The summed E-state index contributed by atoms with van der Waals surface area (Å²) in [6.07, 6.45) is 5.23. The SMILES string of the molecule is C/C=C/C(=O)CCC1Cc2cc(-c3ccc(C(C)=O)s3)cc(Cl)c2O1. The smallest absolute Gasteiger partial charge is 0.169 e. The van der Waals surface area contributed by atoms with Gasteiger partial charge in [-0.15, -0.1) is 11.3 Å². The van der Waals surface area contributed by atoms with E-state index in [9.17, 15) is 9.59 Å². The number of ether oxygens (including phenoxy) is 1. The van der Waals surface area contributed by atoms with Crippen LogP contribution in [0.1, 0.15) is 41.9 Å². The molecule has 2 heterocycles. The first kappa shape index (κ1) is 17.9. The van der Waals surface area contributed by atoms with E-state index >= 15 is 0 Å². The highest BCUT2D eigenvalue weighted by atomic mass is 35.5. The summed E-state index contributed by atoms with van der Waals surface area (Å²) >= 11 is 7.87. The first-order valence-corrected chi connectivity index (χ1v) is 9.43. The average Bonchev–Trinajstić information content (AvgIpc) is 3.20. The van der Waals surface area contributed by atoms with Crippen LogP contribution < -0.4 is 4.74 Å². The molecule has 1 unspecified atom stereocenters. The van der Waals surface area contributed by atoms with Gasteiger partial charge in [-0.25, -0.2) is 0 Å². The molecular weight excluding hydrogens is 356 g/mol. The second-order valence-corrected chi connectivity index (χ2v) is 7.61. The molecule has 0 aliphatic carbocycles. The van der Waals surface area contributed by atoms with Gasteiger partial charge in [0.25, 0.3) is 0 Å². The maximum Gasteiger partial charge on any atom is 0.169 e. The van der Waals surface area contributed by atoms with Crippen LogP contribution in [0.5, 0.6) is 5.75 Å². The Bertz CT molecular complexity index is 851. The summed E-state index contributed by atoms with van der Waals surface area (Å²) in [4.78, 5) is 24.9. The van der Waals surface area contributed by atoms with Crippen molar-refractivity contribution in [2.75, 3.05) is 0 Å². The Morgan fingerprint density at radius 3 is 2.84 bits per heavy atom. The van der Waals surface area contributed by atoms with E-state index in [2.05, 4.69) is 6.07 Å². The van der Waals surface area contributed by atoms with Crippen molar-refractivity contribution in [1.82, 2.24) is 0 Å². The zero-order valence-electron chi connectivity index (χ0n) is 14.2. The summed E-state index contributed by atoms with van der Waals surface area (Å²) in [6.45, 7) is 3.40. The maximum atomic E-state index is 11.6. The van der Waals surface area contributed by atoms with E-state index in [-0.39, 0.29) is 17.7 Å². The van der Waals surface area contributed by atoms with Crippen LogP contribution in [0.3, 0.4) is 0 Å². The Hall–Kier alpha value is -1.91. The van der Waals surface area contributed by atoms with E-state index in [1.807, 2.05) is 25.1 Å². The van der Waals surface area contributed by atoms with Crippen molar-refractivity contribution in [2.45, 2.75) is 39.2 Å². The molecule has 1 aromatic carbocycles. The standard InChI is InChI=1S/C20H19ClO3S/c1-3-4-15(23)5-6-16-10-14-9-13(11-17(21)20(14)24-16)19-8-7-18(25-19)12(2)22/h3-4,7-9,11,16H,5-6,10H2,1-2H3/b4-3+. The van der Waals surface area contributed by atoms with E-state index in [4.69, 9.17) is 16.3 Å². The molecule has 2 aromatic rings.